The molecule has 1 atom stereocenters. The average Bonchev–Trinajstić information content (AvgIpc) is 2.84. The minimum Gasteiger partial charge on any atom is -0.487 e. The maximum atomic E-state index is 13.7. The van der Waals surface area contributed by atoms with Crippen LogP contribution in [-0.4, -0.2) is 63.8 Å². The minimum atomic E-state index is -1.16. The van der Waals surface area contributed by atoms with Crippen LogP contribution in [0.2, 0.25) is 5.02 Å². The number of piperazine rings is 1. The van der Waals surface area contributed by atoms with Gasteiger partial charge in [0.2, 0.25) is 5.91 Å². The van der Waals surface area contributed by atoms with Crippen LogP contribution in [0.25, 0.3) is 0 Å². The molecule has 1 aliphatic heterocycles. The molecule has 0 unspecified atom stereocenters. The monoisotopic (exact) mass is 486 g/mol. The fourth-order valence-corrected chi connectivity index (χ4v) is 5.23. The lowest BCUT2D eigenvalue weighted by molar-refractivity contribution is -0.143. The molecule has 2 aromatic carbocycles. The number of nitrogens with zero attached hydrogens (tertiary/aromatic N) is 2. The second-order valence-electron chi connectivity index (χ2n) is 9.16. The van der Waals surface area contributed by atoms with E-state index in [4.69, 9.17) is 16.3 Å². The third kappa shape index (κ3) is 5.47. The van der Waals surface area contributed by atoms with E-state index in [1.54, 1.807) is 17.0 Å². The topological polar surface area (TPSA) is 90.3 Å². The SMILES string of the molecule is O=C(O)N1CCN(C(=O)[C@H](c2ccc(OCc3ccccc3)c(Cl)c2)C2(O)CCCCC2)CC1. The first kappa shape index (κ1) is 24.4. The van der Waals surface area contributed by atoms with Gasteiger partial charge in [-0.2, -0.15) is 0 Å². The summed E-state index contributed by atoms with van der Waals surface area (Å²) in [6, 6.07) is 15.1. The molecule has 2 aromatic rings. The van der Waals surface area contributed by atoms with Crippen LogP contribution >= 0.6 is 11.6 Å². The van der Waals surface area contributed by atoms with Gasteiger partial charge in [0.05, 0.1) is 16.5 Å². The zero-order valence-electron chi connectivity index (χ0n) is 19.2. The van der Waals surface area contributed by atoms with E-state index < -0.39 is 17.6 Å². The number of rotatable bonds is 6. The number of halogens is 1. The normalized spacial score (nSPS) is 18.9. The second kappa shape index (κ2) is 10.7. The average molecular weight is 487 g/mol. The molecule has 8 heteroatoms. The summed E-state index contributed by atoms with van der Waals surface area (Å²) in [7, 11) is 0. The Labute approximate surface area is 204 Å². The molecular weight excluding hydrogens is 456 g/mol. The zero-order chi connectivity index (χ0) is 24.1. The quantitative estimate of drug-likeness (QED) is 0.626. The zero-order valence-corrected chi connectivity index (χ0v) is 19.9. The van der Waals surface area contributed by atoms with Gasteiger partial charge in [-0.25, -0.2) is 4.79 Å². The number of ether oxygens (including phenoxy) is 1. The van der Waals surface area contributed by atoms with Crippen molar-refractivity contribution in [2.45, 2.75) is 50.2 Å². The largest absolute Gasteiger partial charge is 0.487 e. The van der Waals surface area contributed by atoms with Crippen LogP contribution in [0.15, 0.2) is 48.5 Å². The third-order valence-corrected chi connectivity index (χ3v) is 7.19. The van der Waals surface area contributed by atoms with Crippen molar-refractivity contribution in [3.8, 4) is 5.75 Å². The Morgan fingerprint density at radius 3 is 2.24 bits per heavy atom. The molecule has 2 amide bonds. The number of aliphatic hydroxyl groups is 1. The van der Waals surface area contributed by atoms with Gasteiger partial charge in [-0.15, -0.1) is 0 Å². The second-order valence-corrected chi connectivity index (χ2v) is 9.56. The van der Waals surface area contributed by atoms with Crippen LogP contribution in [-0.2, 0) is 11.4 Å². The van der Waals surface area contributed by atoms with Gasteiger partial charge in [0.15, 0.2) is 0 Å². The highest BCUT2D eigenvalue weighted by atomic mass is 35.5. The Balaban J connectivity index is 1.56. The van der Waals surface area contributed by atoms with Crippen LogP contribution in [0.5, 0.6) is 5.75 Å². The Hall–Kier alpha value is -2.77. The molecule has 7 nitrogen and oxygen atoms in total. The lowest BCUT2D eigenvalue weighted by Gasteiger charge is -2.42. The number of hydrogen-bond acceptors (Lipinski definition) is 4. The molecular formula is C26H31ClN2O5. The van der Waals surface area contributed by atoms with Gasteiger partial charge in [-0.05, 0) is 36.1 Å². The summed E-state index contributed by atoms with van der Waals surface area (Å²) in [6.45, 7) is 1.52. The lowest BCUT2D eigenvalue weighted by Crippen LogP contribution is -2.54. The highest BCUT2D eigenvalue weighted by Gasteiger charge is 2.45. The van der Waals surface area contributed by atoms with E-state index in [0.29, 0.717) is 48.9 Å². The van der Waals surface area contributed by atoms with Crippen LogP contribution in [0.4, 0.5) is 4.79 Å². The van der Waals surface area contributed by atoms with Gasteiger partial charge in [0, 0.05) is 26.2 Å². The number of carbonyl (C=O) groups excluding carboxylic acids is 1. The first-order valence-corrected chi connectivity index (χ1v) is 12.2. The van der Waals surface area contributed by atoms with Crippen molar-refractivity contribution in [1.82, 2.24) is 9.80 Å². The molecule has 4 rings (SSSR count). The van der Waals surface area contributed by atoms with Crippen LogP contribution in [0.1, 0.15) is 49.1 Å². The van der Waals surface area contributed by atoms with Crippen molar-refractivity contribution in [2.75, 3.05) is 26.2 Å². The molecule has 0 bridgehead atoms. The summed E-state index contributed by atoms with van der Waals surface area (Å²) in [5.74, 6) is -0.417. The Bertz CT molecular complexity index is 1000. The summed E-state index contributed by atoms with van der Waals surface area (Å²) >= 11 is 6.56. The Morgan fingerprint density at radius 1 is 0.971 bits per heavy atom. The van der Waals surface area contributed by atoms with E-state index in [1.807, 2.05) is 36.4 Å². The van der Waals surface area contributed by atoms with Crippen molar-refractivity contribution in [3.05, 3.63) is 64.7 Å². The van der Waals surface area contributed by atoms with Crippen molar-refractivity contribution in [1.29, 1.82) is 0 Å². The van der Waals surface area contributed by atoms with E-state index in [9.17, 15) is 19.8 Å². The standard InChI is InChI=1S/C26H31ClN2O5/c27-21-17-20(9-10-22(21)34-18-19-7-3-1-4-8-19)23(26(33)11-5-2-6-12-26)24(30)28-13-15-29(16-14-28)25(31)32/h1,3-4,7-10,17,23,33H,2,5-6,11-16,18H2,(H,31,32)/t23-/m0/s1. The van der Waals surface area contributed by atoms with Crippen molar-refractivity contribution in [2.24, 2.45) is 0 Å². The summed E-state index contributed by atoms with van der Waals surface area (Å²) in [4.78, 5) is 27.9. The predicted octanol–water partition coefficient (Wildman–Crippen LogP) is 4.52. The van der Waals surface area contributed by atoms with Crippen LogP contribution < -0.4 is 4.74 Å². The van der Waals surface area contributed by atoms with Crippen molar-refractivity contribution in [3.63, 3.8) is 0 Å². The minimum absolute atomic E-state index is 0.177. The molecule has 2 N–H and O–H groups in total. The molecule has 1 saturated carbocycles. The molecule has 34 heavy (non-hydrogen) atoms. The third-order valence-electron chi connectivity index (χ3n) is 6.89. The summed E-state index contributed by atoms with van der Waals surface area (Å²) in [5.41, 5.74) is 0.523. The Kier molecular flexibility index (Phi) is 7.63. The predicted molar refractivity (Wildman–Crippen MR) is 129 cm³/mol. The number of carbonyl (C=O) groups is 2. The maximum absolute atomic E-state index is 13.7. The van der Waals surface area contributed by atoms with E-state index >= 15 is 0 Å². The lowest BCUT2D eigenvalue weighted by atomic mass is 9.72. The van der Waals surface area contributed by atoms with E-state index in [1.165, 1.54) is 4.90 Å². The summed E-state index contributed by atoms with van der Waals surface area (Å²) in [5, 5.41) is 21.2. The first-order valence-electron chi connectivity index (χ1n) is 11.8. The summed E-state index contributed by atoms with van der Waals surface area (Å²) in [6.07, 6.45) is 2.86. The van der Waals surface area contributed by atoms with Crippen molar-refractivity contribution >= 4 is 23.6 Å². The molecule has 0 spiro atoms. The molecule has 1 aliphatic carbocycles. The smallest absolute Gasteiger partial charge is 0.407 e. The number of carboxylic acid groups (broad SMARTS) is 1. The van der Waals surface area contributed by atoms with Gasteiger partial charge in [0.1, 0.15) is 12.4 Å². The molecule has 2 aliphatic rings. The van der Waals surface area contributed by atoms with Gasteiger partial charge in [-0.1, -0.05) is 67.3 Å². The molecule has 1 saturated heterocycles. The van der Waals surface area contributed by atoms with E-state index in [0.717, 1.165) is 24.8 Å². The van der Waals surface area contributed by atoms with Crippen LogP contribution in [0.3, 0.4) is 0 Å². The highest BCUT2D eigenvalue weighted by Crippen LogP contribution is 2.42. The molecule has 0 aromatic heterocycles. The Morgan fingerprint density at radius 2 is 1.62 bits per heavy atom. The number of benzene rings is 2. The van der Waals surface area contributed by atoms with E-state index in [2.05, 4.69) is 0 Å². The molecule has 2 fully saturated rings. The fraction of sp³-hybridized carbons (Fsp3) is 0.462. The van der Waals surface area contributed by atoms with E-state index in [-0.39, 0.29) is 19.0 Å². The van der Waals surface area contributed by atoms with Gasteiger partial charge < -0.3 is 24.7 Å². The highest BCUT2D eigenvalue weighted by molar-refractivity contribution is 6.32. The molecule has 0 radical (unpaired) electrons. The van der Waals surface area contributed by atoms with Gasteiger partial charge >= 0.3 is 6.09 Å². The fourth-order valence-electron chi connectivity index (χ4n) is 4.99. The number of hydrogen-bond donors (Lipinski definition) is 2. The van der Waals surface area contributed by atoms with Crippen LogP contribution in [0, 0.1) is 0 Å². The molecule has 182 valence electrons. The number of amides is 2. The van der Waals surface area contributed by atoms with Gasteiger partial charge in [0.25, 0.3) is 0 Å². The molecule has 1 heterocycles. The van der Waals surface area contributed by atoms with Gasteiger partial charge in [-0.3, -0.25) is 4.79 Å². The maximum Gasteiger partial charge on any atom is 0.407 e. The first-order chi connectivity index (χ1) is 16.4. The summed E-state index contributed by atoms with van der Waals surface area (Å²) < 4.78 is 5.89. The van der Waals surface area contributed by atoms with Crippen molar-refractivity contribution < 1.29 is 24.5 Å².